The molecule has 0 aromatic heterocycles. The van der Waals surface area contributed by atoms with E-state index in [4.69, 9.17) is 6.42 Å². The highest BCUT2D eigenvalue weighted by Crippen LogP contribution is 2.26. The van der Waals surface area contributed by atoms with Crippen LogP contribution in [0.1, 0.15) is 19.3 Å². The Morgan fingerprint density at radius 2 is 2.10 bits per heavy atom. The zero-order chi connectivity index (χ0) is 15.2. The summed E-state index contributed by atoms with van der Waals surface area (Å²) in [4.78, 5) is 9.83. The Balaban J connectivity index is 2.86. The predicted molar refractivity (Wildman–Crippen MR) is 77.4 cm³/mol. The molecule has 0 amide bonds. The number of nitro groups is 1. The van der Waals surface area contributed by atoms with Gasteiger partial charge in [0, 0.05) is 31.0 Å². The van der Waals surface area contributed by atoms with Gasteiger partial charge < -0.3 is 5.32 Å². The highest BCUT2D eigenvalue weighted by molar-refractivity contribution is 7.90. The van der Waals surface area contributed by atoms with Crippen LogP contribution in [0.3, 0.4) is 0 Å². The van der Waals surface area contributed by atoms with Crippen molar-refractivity contribution in [2.45, 2.75) is 24.2 Å². The Labute approximate surface area is 118 Å². The molecular weight excluding hydrogens is 280 g/mol. The summed E-state index contributed by atoms with van der Waals surface area (Å²) in [5.41, 5.74) is 0.127. The van der Waals surface area contributed by atoms with Gasteiger partial charge in [-0.2, -0.15) is 0 Å². The van der Waals surface area contributed by atoms with Crippen LogP contribution in [0.5, 0.6) is 0 Å². The van der Waals surface area contributed by atoms with Gasteiger partial charge >= 0.3 is 0 Å². The van der Waals surface area contributed by atoms with Gasteiger partial charge in [0.2, 0.25) is 0 Å². The van der Waals surface area contributed by atoms with Crippen LogP contribution < -0.4 is 5.32 Å². The van der Waals surface area contributed by atoms with Gasteiger partial charge in [-0.15, -0.1) is 12.3 Å². The quantitative estimate of drug-likeness (QED) is 0.360. The average molecular weight is 296 g/mol. The van der Waals surface area contributed by atoms with Crippen molar-refractivity contribution < 1.29 is 13.3 Å². The van der Waals surface area contributed by atoms with Crippen LogP contribution in [0, 0.1) is 22.5 Å². The van der Waals surface area contributed by atoms with Gasteiger partial charge in [-0.25, -0.2) is 8.42 Å². The number of anilines is 1. The fourth-order valence-electron chi connectivity index (χ4n) is 1.66. The summed E-state index contributed by atoms with van der Waals surface area (Å²) in [6.45, 7) is 0.628. The van der Waals surface area contributed by atoms with Crippen LogP contribution in [-0.2, 0) is 9.84 Å². The zero-order valence-corrected chi connectivity index (χ0v) is 11.9. The summed E-state index contributed by atoms with van der Waals surface area (Å²) in [5.74, 6) is 2.53. The first-order valence-corrected chi connectivity index (χ1v) is 7.91. The van der Waals surface area contributed by atoms with Crippen molar-refractivity contribution in [2.24, 2.45) is 0 Å². The number of nitrogens with zero attached hydrogens (tertiary/aromatic N) is 1. The van der Waals surface area contributed by atoms with Gasteiger partial charge in [0.25, 0.3) is 5.69 Å². The molecule has 0 saturated carbocycles. The molecule has 0 spiro atoms. The first-order valence-electron chi connectivity index (χ1n) is 6.02. The number of hydrogen-bond donors (Lipinski definition) is 1. The molecule has 0 aliphatic carbocycles. The first kappa shape index (κ1) is 16.0. The van der Waals surface area contributed by atoms with E-state index >= 15 is 0 Å². The number of rotatable bonds is 7. The minimum atomic E-state index is -3.65. The molecule has 0 saturated heterocycles. The van der Waals surface area contributed by atoms with Crippen molar-refractivity contribution in [3.63, 3.8) is 0 Å². The molecule has 0 fully saturated rings. The molecule has 0 bridgehead atoms. The van der Waals surface area contributed by atoms with Crippen LogP contribution in [0.25, 0.3) is 0 Å². The van der Waals surface area contributed by atoms with E-state index in [1.807, 2.05) is 0 Å². The lowest BCUT2D eigenvalue weighted by Gasteiger charge is -2.08. The van der Waals surface area contributed by atoms with Crippen molar-refractivity contribution in [1.29, 1.82) is 0 Å². The highest BCUT2D eigenvalue weighted by atomic mass is 32.2. The summed E-state index contributed by atoms with van der Waals surface area (Å²) in [6.07, 6.45) is 8.49. The molecule has 0 unspecified atom stereocenters. The van der Waals surface area contributed by atoms with Crippen LogP contribution in [0.15, 0.2) is 23.1 Å². The van der Waals surface area contributed by atoms with E-state index in [1.165, 1.54) is 18.2 Å². The van der Waals surface area contributed by atoms with Gasteiger partial charge in [-0.05, 0) is 25.0 Å². The Morgan fingerprint density at radius 1 is 1.40 bits per heavy atom. The third kappa shape index (κ3) is 4.55. The lowest BCUT2D eigenvalue weighted by atomic mass is 10.2. The van der Waals surface area contributed by atoms with Crippen molar-refractivity contribution in [2.75, 3.05) is 18.1 Å². The zero-order valence-electron chi connectivity index (χ0n) is 11.1. The summed E-state index contributed by atoms with van der Waals surface area (Å²) in [5, 5.41) is 13.8. The summed E-state index contributed by atoms with van der Waals surface area (Å²) >= 11 is 0. The van der Waals surface area contributed by atoms with Gasteiger partial charge in [0.1, 0.15) is 4.90 Å². The molecule has 0 aliphatic rings. The van der Waals surface area contributed by atoms with E-state index in [0.29, 0.717) is 18.7 Å². The SMILES string of the molecule is C#CCCCCNc1ccc([N+](=O)[O-])c(S(C)(=O)=O)c1. The van der Waals surface area contributed by atoms with Crippen LogP contribution in [-0.4, -0.2) is 26.1 Å². The minimum Gasteiger partial charge on any atom is -0.385 e. The second-order valence-electron chi connectivity index (χ2n) is 4.30. The maximum Gasteiger partial charge on any atom is 0.288 e. The van der Waals surface area contributed by atoms with E-state index in [0.717, 1.165) is 19.1 Å². The number of nitrogens with one attached hydrogen (secondary N) is 1. The van der Waals surface area contributed by atoms with Gasteiger partial charge in [0.15, 0.2) is 9.84 Å². The van der Waals surface area contributed by atoms with Crippen LogP contribution in [0.2, 0.25) is 0 Å². The molecule has 6 nitrogen and oxygen atoms in total. The molecule has 0 heterocycles. The molecule has 108 valence electrons. The molecule has 20 heavy (non-hydrogen) atoms. The Bertz CT molecular complexity index is 632. The monoisotopic (exact) mass is 296 g/mol. The van der Waals surface area contributed by atoms with Crippen molar-refractivity contribution >= 4 is 21.2 Å². The summed E-state index contributed by atoms with van der Waals surface area (Å²) in [7, 11) is -3.65. The lowest BCUT2D eigenvalue weighted by molar-refractivity contribution is -0.387. The largest absolute Gasteiger partial charge is 0.385 e. The van der Waals surface area contributed by atoms with E-state index in [9.17, 15) is 18.5 Å². The number of sulfone groups is 1. The van der Waals surface area contributed by atoms with Gasteiger partial charge in [-0.3, -0.25) is 10.1 Å². The number of benzene rings is 1. The van der Waals surface area contributed by atoms with Gasteiger partial charge in [-0.1, -0.05) is 0 Å². The van der Waals surface area contributed by atoms with Crippen molar-refractivity contribution in [3.05, 3.63) is 28.3 Å². The molecule has 7 heteroatoms. The number of nitro benzene ring substituents is 1. The predicted octanol–water partition coefficient (Wildman–Crippen LogP) is 2.21. The standard InChI is InChI=1S/C13H16N2O4S/c1-3-4-5-6-9-14-11-7-8-12(15(16)17)13(10-11)20(2,18)19/h1,7-8,10,14H,4-6,9H2,2H3. The third-order valence-corrected chi connectivity index (χ3v) is 3.76. The molecule has 1 N–H and O–H groups in total. The van der Waals surface area contributed by atoms with E-state index in [1.54, 1.807) is 0 Å². The molecule has 1 aromatic rings. The smallest absolute Gasteiger partial charge is 0.288 e. The number of terminal acetylenes is 1. The van der Waals surface area contributed by atoms with Crippen LogP contribution in [0.4, 0.5) is 11.4 Å². The maximum absolute atomic E-state index is 11.6. The lowest BCUT2D eigenvalue weighted by Crippen LogP contribution is -2.06. The minimum absolute atomic E-state index is 0.281. The molecule has 0 radical (unpaired) electrons. The van der Waals surface area contributed by atoms with E-state index in [-0.39, 0.29) is 4.90 Å². The molecule has 0 aliphatic heterocycles. The van der Waals surface area contributed by atoms with Gasteiger partial charge in [0.05, 0.1) is 4.92 Å². The fraction of sp³-hybridized carbons (Fsp3) is 0.385. The third-order valence-electron chi connectivity index (χ3n) is 2.63. The number of unbranched alkanes of at least 4 members (excludes halogenated alkanes) is 2. The molecule has 1 rings (SSSR count). The highest BCUT2D eigenvalue weighted by Gasteiger charge is 2.22. The Hall–Kier alpha value is -2.07. The van der Waals surface area contributed by atoms with Crippen molar-refractivity contribution in [3.8, 4) is 12.3 Å². The Morgan fingerprint density at radius 3 is 2.65 bits per heavy atom. The first-order chi connectivity index (χ1) is 9.36. The molecule has 0 atom stereocenters. The maximum atomic E-state index is 11.6. The molecular formula is C13H16N2O4S. The summed E-state index contributed by atoms with van der Waals surface area (Å²) < 4.78 is 23.1. The van der Waals surface area contributed by atoms with Crippen molar-refractivity contribution in [1.82, 2.24) is 0 Å². The second-order valence-corrected chi connectivity index (χ2v) is 6.28. The Kier molecular flexibility index (Phi) is 5.53. The average Bonchev–Trinajstić information content (AvgIpc) is 2.37. The number of hydrogen-bond acceptors (Lipinski definition) is 5. The van der Waals surface area contributed by atoms with E-state index < -0.39 is 20.4 Å². The molecule has 1 aromatic carbocycles. The van der Waals surface area contributed by atoms with E-state index in [2.05, 4.69) is 11.2 Å². The topological polar surface area (TPSA) is 89.3 Å². The fourth-order valence-corrected chi connectivity index (χ4v) is 2.52. The second kappa shape index (κ2) is 6.91. The normalized spacial score (nSPS) is 10.8. The summed E-state index contributed by atoms with van der Waals surface area (Å²) in [6, 6.07) is 3.97. The van der Waals surface area contributed by atoms with Crippen LogP contribution >= 0.6 is 0 Å².